The van der Waals surface area contributed by atoms with E-state index in [4.69, 9.17) is 9.47 Å². The number of aryl methyl sites for hydroxylation is 3. The highest BCUT2D eigenvalue weighted by Crippen LogP contribution is 2.39. The lowest BCUT2D eigenvalue weighted by Gasteiger charge is -2.32. The molecule has 1 aliphatic rings. The zero-order chi connectivity index (χ0) is 43.0. The van der Waals surface area contributed by atoms with Crippen LogP contribution in [0.5, 0.6) is 0 Å². The molecule has 0 fully saturated rings. The number of ether oxygens (including phenoxy) is 2. The summed E-state index contributed by atoms with van der Waals surface area (Å²) in [6.45, 7) is 8.26. The van der Waals surface area contributed by atoms with Gasteiger partial charge in [0.2, 0.25) is 5.91 Å². The Bertz CT molecular complexity index is 2070. The van der Waals surface area contributed by atoms with Gasteiger partial charge in [-0.2, -0.15) is 0 Å². The Morgan fingerprint density at radius 2 is 1.45 bits per heavy atom. The molecule has 5 rings (SSSR count). The van der Waals surface area contributed by atoms with Crippen LogP contribution in [0.2, 0.25) is 0 Å². The van der Waals surface area contributed by atoms with Crippen LogP contribution in [0.25, 0.3) is 0 Å². The second kappa shape index (κ2) is 22.9. The van der Waals surface area contributed by atoms with Gasteiger partial charge in [0, 0.05) is 61.7 Å². The molecule has 4 aromatic rings. The fourth-order valence-corrected chi connectivity index (χ4v) is 8.97. The topological polar surface area (TPSA) is 134 Å². The highest BCUT2D eigenvalue weighted by molar-refractivity contribution is 7.17. The van der Waals surface area contributed by atoms with Crippen molar-refractivity contribution in [2.75, 3.05) is 44.5 Å². The maximum Gasteiger partial charge on any atom is 0.337 e. The molecule has 0 radical (unpaired) electrons. The Balaban J connectivity index is 1.22. The molecule has 60 heavy (non-hydrogen) atoms. The van der Waals surface area contributed by atoms with Gasteiger partial charge in [-0.15, -0.1) is 11.3 Å². The molecule has 0 spiro atoms. The number of amides is 3. The van der Waals surface area contributed by atoms with Gasteiger partial charge in [0.1, 0.15) is 5.00 Å². The number of benzene rings is 3. The normalized spacial score (nSPS) is 12.2. The number of carbonyl (C=O) groups excluding carboxylic acids is 5. The zero-order valence-electron chi connectivity index (χ0n) is 35.8. The number of hydrogen-bond acceptors (Lipinski definition) is 9. The molecule has 1 heterocycles. The number of carbonyl (C=O) groups is 5. The molecule has 1 aliphatic carbocycles. The first-order valence-electron chi connectivity index (χ1n) is 21.3. The van der Waals surface area contributed by atoms with Crippen molar-refractivity contribution < 1.29 is 33.4 Å². The SMILES string of the molecule is CCOC(=O)CCCC(=O)N(C)CCN(Cc1cccc(C(=O)Nc2sc3c(c2C(=O)Nc2ccc(CCc4ccc(C(=O)OC)cc4)cc2)CCCC3)c1)C(CC)CC. The average Bonchev–Trinajstić information content (AvgIpc) is 3.63. The van der Waals surface area contributed by atoms with Crippen LogP contribution in [0.3, 0.4) is 0 Å². The van der Waals surface area contributed by atoms with E-state index in [1.54, 1.807) is 37.1 Å². The highest BCUT2D eigenvalue weighted by atomic mass is 32.1. The van der Waals surface area contributed by atoms with E-state index >= 15 is 0 Å². The van der Waals surface area contributed by atoms with E-state index in [0.29, 0.717) is 72.5 Å². The molecule has 1 aromatic heterocycles. The summed E-state index contributed by atoms with van der Waals surface area (Å²) >= 11 is 1.50. The molecule has 2 N–H and O–H groups in total. The van der Waals surface area contributed by atoms with E-state index in [2.05, 4.69) is 29.4 Å². The number of methoxy groups -OCH3 is 1. The summed E-state index contributed by atoms with van der Waals surface area (Å²) in [5.41, 5.74) is 6.50. The second-order valence-corrected chi connectivity index (χ2v) is 16.4. The molecular weight excluding hydrogens is 777 g/mol. The van der Waals surface area contributed by atoms with Crippen molar-refractivity contribution in [3.63, 3.8) is 0 Å². The average molecular weight is 837 g/mol. The fourth-order valence-electron chi connectivity index (χ4n) is 7.68. The van der Waals surface area contributed by atoms with Crippen molar-refractivity contribution in [3.05, 3.63) is 117 Å². The van der Waals surface area contributed by atoms with Crippen LogP contribution in [-0.2, 0) is 51.3 Å². The molecule has 0 saturated carbocycles. The Kier molecular flexibility index (Phi) is 17.4. The molecule has 12 heteroatoms. The van der Waals surface area contributed by atoms with Crippen molar-refractivity contribution in [3.8, 4) is 0 Å². The van der Waals surface area contributed by atoms with E-state index in [1.165, 1.54) is 18.4 Å². The minimum Gasteiger partial charge on any atom is -0.466 e. The molecule has 11 nitrogen and oxygen atoms in total. The van der Waals surface area contributed by atoms with Crippen molar-refractivity contribution in [1.29, 1.82) is 0 Å². The third-order valence-electron chi connectivity index (χ3n) is 11.2. The predicted octanol–water partition coefficient (Wildman–Crippen LogP) is 8.89. The highest BCUT2D eigenvalue weighted by Gasteiger charge is 2.27. The number of hydrogen-bond donors (Lipinski definition) is 2. The van der Waals surface area contributed by atoms with Crippen LogP contribution in [-0.4, -0.2) is 79.4 Å². The Hall–Kier alpha value is -5.33. The van der Waals surface area contributed by atoms with Crippen LogP contribution in [0, 0.1) is 0 Å². The number of nitrogens with one attached hydrogen (secondary N) is 2. The van der Waals surface area contributed by atoms with Gasteiger partial charge in [-0.25, -0.2) is 4.79 Å². The van der Waals surface area contributed by atoms with Gasteiger partial charge in [0.25, 0.3) is 11.8 Å². The molecule has 0 unspecified atom stereocenters. The summed E-state index contributed by atoms with van der Waals surface area (Å²) < 4.78 is 9.77. The van der Waals surface area contributed by atoms with Gasteiger partial charge in [-0.1, -0.05) is 50.2 Å². The fraction of sp³-hybridized carbons (Fsp3) is 0.438. The number of nitrogens with zero attached hydrogens (tertiary/aromatic N) is 2. The summed E-state index contributed by atoms with van der Waals surface area (Å²) in [5.74, 6) is -1.14. The molecule has 0 bridgehead atoms. The largest absolute Gasteiger partial charge is 0.466 e. The Labute approximate surface area is 358 Å². The van der Waals surface area contributed by atoms with E-state index < -0.39 is 0 Å². The summed E-state index contributed by atoms with van der Waals surface area (Å²) in [7, 11) is 3.17. The monoisotopic (exact) mass is 836 g/mol. The summed E-state index contributed by atoms with van der Waals surface area (Å²) in [6, 6.07) is 23.2. The summed E-state index contributed by atoms with van der Waals surface area (Å²) in [5, 5.41) is 6.78. The number of anilines is 2. The molecular formula is C48H60N4O7S. The molecule has 3 aromatic carbocycles. The summed E-state index contributed by atoms with van der Waals surface area (Å²) in [4.78, 5) is 69.4. The number of likely N-dealkylation sites (N-methyl/N-ethyl adjacent to an activating group) is 1. The third kappa shape index (κ3) is 12.8. The van der Waals surface area contributed by atoms with E-state index in [9.17, 15) is 24.0 Å². The van der Waals surface area contributed by atoms with E-state index in [1.807, 2.05) is 54.6 Å². The molecule has 320 valence electrons. The van der Waals surface area contributed by atoms with E-state index in [0.717, 1.165) is 78.5 Å². The number of esters is 2. The van der Waals surface area contributed by atoms with Crippen molar-refractivity contribution >= 4 is 51.7 Å². The van der Waals surface area contributed by atoms with Crippen LogP contribution >= 0.6 is 11.3 Å². The second-order valence-electron chi connectivity index (χ2n) is 15.3. The lowest BCUT2D eigenvalue weighted by Crippen LogP contribution is -2.41. The lowest BCUT2D eigenvalue weighted by atomic mass is 9.95. The van der Waals surface area contributed by atoms with Crippen molar-refractivity contribution in [1.82, 2.24) is 9.80 Å². The Morgan fingerprint density at radius 3 is 2.12 bits per heavy atom. The minimum atomic E-state index is -0.354. The first-order chi connectivity index (χ1) is 29.0. The van der Waals surface area contributed by atoms with Gasteiger partial charge in [0.15, 0.2) is 0 Å². The van der Waals surface area contributed by atoms with Gasteiger partial charge < -0.3 is 25.0 Å². The number of rotatable bonds is 21. The van der Waals surface area contributed by atoms with Gasteiger partial charge in [-0.3, -0.25) is 24.1 Å². The maximum absolute atomic E-state index is 14.0. The predicted molar refractivity (Wildman–Crippen MR) is 238 cm³/mol. The lowest BCUT2D eigenvalue weighted by molar-refractivity contribution is -0.143. The van der Waals surface area contributed by atoms with Crippen LogP contribution in [0.15, 0.2) is 72.8 Å². The third-order valence-corrected chi connectivity index (χ3v) is 12.4. The van der Waals surface area contributed by atoms with E-state index in [-0.39, 0.29) is 36.1 Å². The Morgan fingerprint density at radius 1 is 0.767 bits per heavy atom. The molecule has 0 saturated heterocycles. The van der Waals surface area contributed by atoms with Crippen LogP contribution in [0.4, 0.5) is 10.7 Å². The number of thiophene rings is 1. The smallest absolute Gasteiger partial charge is 0.337 e. The maximum atomic E-state index is 14.0. The first kappa shape index (κ1) is 45.7. The molecule has 3 amide bonds. The molecule has 0 aliphatic heterocycles. The molecule has 0 atom stereocenters. The summed E-state index contributed by atoms with van der Waals surface area (Å²) in [6.07, 6.45) is 8.20. The number of fused-ring (bicyclic) bond motifs is 1. The minimum absolute atomic E-state index is 0.00212. The van der Waals surface area contributed by atoms with Crippen molar-refractivity contribution in [2.24, 2.45) is 0 Å². The van der Waals surface area contributed by atoms with Gasteiger partial charge >= 0.3 is 11.9 Å². The van der Waals surface area contributed by atoms with Crippen LogP contribution < -0.4 is 10.6 Å². The van der Waals surface area contributed by atoms with Gasteiger partial charge in [0.05, 0.1) is 24.8 Å². The standard InChI is InChI=1S/C48H60N4O7S/c1-6-39(7-2)52(30-29-51(4)42(53)17-12-18-43(54)59-8-3)32-35-13-11-14-37(31-35)45(55)50-47-44(40-15-9-10-16-41(40)60-47)46(56)49-38-27-23-34(24-28-38)20-19-33-21-25-36(26-22-33)48(57)58-5/h11,13-14,21-28,31,39H,6-10,12,15-20,29-30,32H2,1-5H3,(H,49,56)(H,50,55). The quantitative estimate of drug-likeness (QED) is 0.0796. The van der Waals surface area contributed by atoms with Gasteiger partial charge in [-0.05, 0) is 123 Å². The first-order valence-corrected chi connectivity index (χ1v) is 22.1. The van der Waals surface area contributed by atoms with Crippen molar-refractivity contribution in [2.45, 2.75) is 104 Å². The zero-order valence-corrected chi connectivity index (χ0v) is 36.6. The van der Waals surface area contributed by atoms with Crippen LogP contribution in [0.1, 0.15) is 124 Å².